The lowest BCUT2D eigenvalue weighted by atomic mass is 9.96. The van der Waals surface area contributed by atoms with Gasteiger partial charge in [-0.3, -0.25) is 14.5 Å². The lowest BCUT2D eigenvalue weighted by Gasteiger charge is -2.32. The summed E-state index contributed by atoms with van der Waals surface area (Å²) >= 11 is 7.49. The van der Waals surface area contributed by atoms with Crippen molar-refractivity contribution in [3.8, 4) is 0 Å². The van der Waals surface area contributed by atoms with E-state index in [1.54, 1.807) is 40.5 Å². The number of anilines is 1. The summed E-state index contributed by atoms with van der Waals surface area (Å²) in [5.41, 5.74) is 1.71. The Morgan fingerprint density at radius 1 is 1.28 bits per heavy atom. The SMILES string of the molecule is CCN1CCc2nc(NC(=O)C3CCCN(C(=O)c4ccc(Cl)cc4)C3)sc2C1. The zero-order valence-corrected chi connectivity index (χ0v) is 18.1. The Morgan fingerprint density at radius 3 is 2.83 bits per heavy atom. The summed E-state index contributed by atoms with van der Waals surface area (Å²) in [6.45, 7) is 6.22. The molecule has 154 valence electrons. The molecule has 1 aromatic carbocycles. The van der Waals surface area contributed by atoms with Gasteiger partial charge in [0.2, 0.25) is 5.91 Å². The molecular weight excluding hydrogens is 408 g/mol. The fourth-order valence-corrected chi connectivity index (χ4v) is 5.11. The maximum Gasteiger partial charge on any atom is 0.253 e. The fraction of sp³-hybridized carbons (Fsp3) is 0.476. The highest BCUT2D eigenvalue weighted by atomic mass is 35.5. The van der Waals surface area contributed by atoms with Crippen molar-refractivity contribution in [1.82, 2.24) is 14.8 Å². The molecule has 8 heteroatoms. The van der Waals surface area contributed by atoms with Crippen molar-refractivity contribution in [3.05, 3.63) is 45.4 Å². The number of amides is 2. The van der Waals surface area contributed by atoms with Crippen molar-refractivity contribution in [3.63, 3.8) is 0 Å². The first-order valence-electron chi connectivity index (χ1n) is 10.1. The minimum Gasteiger partial charge on any atom is -0.338 e. The second-order valence-corrected chi connectivity index (χ2v) is 9.11. The van der Waals surface area contributed by atoms with Crippen molar-refractivity contribution >= 4 is 39.9 Å². The van der Waals surface area contributed by atoms with E-state index in [-0.39, 0.29) is 17.7 Å². The summed E-state index contributed by atoms with van der Waals surface area (Å²) < 4.78 is 0. The first kappa shape index (κ1) is 20.3. The molecular formula is C21H25ClN4O2S. The van der Waals surface area contributed by atoms with E-state index < -0.39 is 0 Å². The van der Waals surface area contributed by atoms with Gasteiger partial charge in [-0.1, -0.05) is 18.5 Å². The van der Waals surface area contributed by atoms with Gasteiger partial charge in [-0.2, -0.15) is 0 Å². The maximum atomic E-state index is 12.8. The Labute approximate surface area is 179 Å². The number of piperidine rings is 1. The average molecular weight is 433 g/mol. The van der Waals surface area contributed by atoms with Crippen molar-refractivity contribution in [2.45, 2.75) is 32.7 Å². The molecule has 0 aliphatic carbocycles. The molecule has 1 atom stereocenters. The number of rotatable bonds is 4. The van der Waals surface area contributed by atoms with E-state index in [0.717, 1.165) is 44.6 Å². The van der Waals surface area contributed by atoms with Gasteiger partial charge in [0.05, 0.1) is 11.6 Å². The van der Waals surface area contributed by atoms with E-state index in [1.807, 2.05) is 0 Å². The molecule has 2 aliphatic heterocycles. The Bertz CT molecular complexity index is 899. The summed E-state index contributed by atoms with van der Waals surface area (Å²) in [7, 11) is 0. The van der Waals surface area contributed by atoms with Crippen LogP contribution in [0.3, 0.4) is 0 Å². The predicted molar refractivity (Wildman–Crippen MR) is 115 cm³/mol. The van der Waals surface area contributed by atoms with Gasteiger partial charge in [-0.05, 0) is 43.7 Å². The van der Waals surface area contributed by atoms with Gasteiger partial charge in [0.15, 0.2) is 5.13 Å². The first-order valence-corrected chi connectivity index (χ1v) is 11.3. The third kappa shape index (κ3) is 4.63. The van der Waals surface area contributed by atoms with Crippen molar-refractivity contribution in [2.24, 2.45) is 5.92 Å². The van der Waals surface area contributed by atoms with Crippen LogP contribution in [0, 0.1) is 5.92 Å². The third-order valence-corrected chi connectivity index (χ3v) is 6.91. The van der Waals surface area contributed by atoms with Crippen LogP contribution in [-0.2, 0) is 17.8 Å². The molecule has 4 rings (SSSR count). The molecule has 6 nitrogen and oxygen atoms in total. The number of aromatic nitrogens is 1. The average Bonchev–Trinajstić information content (AvgIpc) is 3.15. The largest absolute Gasteiger partial charge is 0.338 e. The number of carbonyl (C=O) groups excluding carboxylic acids is 2. The summed E-state index contributed by atoms with van der Waals surface area (Å²) in [6, 6.07) is 6.89. The number of hydrogen-bond donors (Lipinski definition) is 1. The van der Waals surface area contributed by atoms with Crippen LogP contribution in [0.15, 0.2) is 24.3 Å². The number of benzene rings is 1. The van der Waals surface area contributed by atoms with Crippen LogP contribution >= 0.6 is 22.9 Å². The number of thiazole rings is 1. The summed E-state index contributed by atoms with van der Waals surface area (Å²) in [6.07, 6.45) is 2.53. The maximum absolute atomic E-state index is 12.8. The van der Waals surface area contributed by atoms with E-state index in [4.69, 9.17) is 11.6 Å². The molecule has 0 saturated carbocycles. The van der Waals surface area contributed by atoms with Gasteiger partial charge < -0.3 is 10.2 Å². The van der Waals surface area contributed by atoms with Crippen molar-refractivity contribution in [1.29, 1.82) is 0 Å². The van der Waals surface area contributed by atoms with E-state index in [0.29, 0.717) is 28.8 Å². The molecule has 1 N–H and O–H groups in total. The van der Waals surface area contributed by atoms with Gasteiger partial charge >= 0.3 is 0 Å². The number of hydrogen-bond acceptors (Lipinski definition) is 5. The first-order chi connectivity index (χ1) is 14.0. The van der Waals surface area contributed by atoms with Crippen LogP contribution in [0.1, 0.15) is 40.7 Å². The van der Waals surface area contributed by atoms with E-state index in [9.17, 15) is 9.59 Å². The molecule has 2 amide bonds. The van der Waals surface area contributed by atoms with Gasteiger partial charge in [0.1, 0.15) is 0 Å². The molecule has 1 saturated heterocycles. The third-order valence-electron chi connectivity index (χ3n) is 5.66. The normalized spacial score (nSPS) is 19.7. The molecule has 3 heterocycles. The van der Waals surface area contributed by atoms with E-state index in [1.165, 1.54) is 4.88 Å². The van der Waals surface area contributed by atoms with Crippen LogP contribution in [-0.4, -0.2) is 52.8 Å². The Kier molecular flexibility index (Phi) is 6.18. The Morgan fingerprint density at radius 2 is 2.07 bits per heavy atom. The summed E-state index contributed by atoms with van der Waals surface area (Å²) in [5.74, 6) is -0.311. The van der Waals surface area contributed by atoms with E-state index in [2.05, 4.69) is 22.1 Å². The fourth-order valence-electron chi connectivity index (χ4n) is 3.93. The minimum absolute atomic E-state index is 0.0444. The number of nitrogens with zero attached hydrogens (tertiary/aromatic N) is 3. The highest BCUT2D eigenvalue weighted by molar-refractivity contribution is 7.15. The molecule has 1 aromatic heterocycles. The topological polar surface area (TPSA) is 65.5 Å². The quantitative estimate of drug-likeness (QED) is 0.800. The van der Waals surface area contributed by atoms with Gasteiger partial charge in [0, 0.05) is 48.1 Å². The molecule has 29 heavy (non-hydrogen) atoms. The van der Waals surface area contributed by atoms with Crippen LogP contribution in [0.2, 0.25) is 5.02 Å². The number of fused-ring (bicyclic) bond motifs is 1. The minimum atomic E-state index is -0.215. The Hall–Kier alpha value is -1.96. The molecule has 0 bridgehead atoms. The van der Waals surface area contributed by atoms with Gasteiger partial charge in [0.25, 0.3) is 5.91 Å². The summed E-state index contributed by atoms with van der Waals surface area (Å²) in [4.78, 5) is 35.6. The second kappa shape index (κ2) is 8.81. The molecule has 0 spiro atoms. The van der Waals surface area contributed by atoms with Crippen molar-refractivity contribution in [2.75, 3.05) is 31.5 Å². The van der Waals surface area contributed by atoms with Gasteiger partial charge in [-0.15, -0.1) is 11.3 Å². The van der Waals surface area contributed by atoms with Gasteiger partial charge in [-0.25, -0.2) is 4.98 Å². The number of nitrogens with one attached hydrogen (secondary N) is 1. The van der Waals surface area contributed by atoms with Crippen LogP contribution in [0.5, 0.6) is 0 Å². The molecule has 1 fully saturated rings. The molecule has 2 aromatic rings. The second-order valence-electron chi connectivity index (χ2n) is 7.59. The lowest BCUT2D eigenvalue weighted by molar-refractivity contribution is -0.121. The highest BCUT2D eigenvalue weighted by Crippen LogP contribution is 2.29. The number of halogens is 1. The molecule has 1 unspecified atom stereocenters. The number of carbonyl (C=O) groups is 2. The smallest absolute Gasteiger partial charge is 0.253 e. The Balaban J connectivity index is 1.38. The predicted octanol–water partition coefficient (Wildman–Crippen LogP) is 3.67. The zero-order chi connectivity index (χ0) is 20.4. The monoisotopic (exact) mass is 432 g/mol. The standard InChI is InChI=1S/C21H25ClN4O2S/c1-2-25-11-9-17-18(13-25)29-21(23-17)24-19(27)15-4-3-10-26(12-15)20(28)14-5-7-16(22)8-6-14/h5-8,15H,2-4,9-13H2,1H3,(H,23,24,27). The van der Waals surface area contributed by atoms with Crippen molar-refractivity contribution < 1.29 is 9.59 Å². The molecule has 0 radical (unpaired) electrons. The number of likely N-dealkylation sites (N-methyl/N-ethyl adjacent to an activating group) is 1. The lowest BCUT2D eigenvalue weighted by Crippen LogP contribution is -2.43. The molecule has 2 aliphatic rings. The van der Waals surface area contributed by atoms with Crippen LogP contribution in [0.4, 0.5) is 5.13 Å². The van der Waals surface area contributed by atoms with Crippen LogP contribution in [0.25, 0.3) is 0 Å². The summed E-state index contributed by atoms with van der Waals surface area (Å²) in [5, 5.41) is 4.29. The van der Waals surface area contributed by atoms with E-state index >= 15 is 0 Å². The van der Waals surface area contributed by atoms with Crippen LogP contribution < -0.4 is 5.32 Å². The zero-order valence-electron chi connectivity index (χ0n) is 16.5. The highest BCUT2D eigenvalue weighted by Gasteiger charge is 2.30. The number of likely N-dealkylation sites (tertiary alicyclic amines) is 1.